The second-order valence-corrected chi connectivity index (χ2v) is 2.72. The lowest BCUT2D eigenvalue weighted by atomic mass is 10.5. The summed E-state index contributed by atoms with van der Waals surface area (Å²) in [7, 11) is 4.14. The van der Waals surface area contributed by atoms with E-state index >= 15 is 0 Å². The van der Waals surface area contributed by atoms with Gasteiger partial charge in [-0.1, -0.05) is 0 Å². The summed E-state index contributed by atoms with van der Waals surface area (Å²) in [5.74, 6) is 0.924. The Morgan fingerprint density at radius 1 is 1.30 bits per heavy atom. The Morgan fingerprint density at radius 2 is 1.90 bits per heavy atom. The third kappa shape index (κ3) is 11.4. The van der Waals surface area contributed by atoms with Crippen molar-refractivity contribution in [1.29, 1.82) is 0 Å². The Hall–Kier alpha value is 0.560. The first-order chi connectivity index (χ1) is 4.27. The van der Waals surface area contributed by atoms with Gasteiger partial charge in [0.25, 0.3) is 0 Å². The molecular weight excluding hydrogens is 168 g/mol. The van der Waals surface area contributed by atoms with Gasteiger partial charge in [-0.2, -0.15) is 12.6 Å². The topological polar surface area (TPSA) is 15.3 Å². The number of thiol groups is 1. The van der Waals surface area contributed by atoms with Gasteiger partial charge in [-0.05, 0) is 14.1 Å². The number of halogens is 1. The Morgan fingerprint density at radius 3 is 2.30 bits per heavy atom. The third-order valence-corrected chi connectivity index (χ3v) is 1.25. The first-order valence-corrected chi connectivity index (χ1v) is 3.87. The summed E-state index contributed by atoms with van der Waals surface area (Å²) in [6.45, 7) is 3.18. The molecule has 0 aliphatic heterocycles. The fraction of sp³-hybridized carbons (Fsp3) is 1.00. The molecule has 0 spiro atoms. The molecule has 0 aliphatic carbocycles. The van der Waals surface area contributed by atoms with Gasteiger partial charge in [-0.25, -0.2) is 0 Å². The summed E-state index contributed by atoms with van der Waals surface area (Å²) in [6.07, 6.45) is 0. The molecule has 0 atom stereocenters. The predicted molar refractivity (Wildman–Crippen MR) is 52.5 cm³/mol. The van der Waals surface area contributed by atoms with Crippen LogP contribution in [0, 0.1) is 0 Å². The Kier molecular flexibility index (Phi) is 12.6. The number of nitrogens with one attached hydrogen (secondary N) is 1. The van der Waals surface area contributed by atoms with E-state index in [4.69, 9.17) is 0 Å². The van der Waals surface area contributed by atoms with Crippen LogP contribution in [-0.4, -0.2) is 44.4 Å². The molecule has 0 unspecified atom stereocenters. The van der Waals surface area contributed by atoms with Gasteiger partial charge in [0.05, 0.1) is 0 Å². The molecule has 0 heterocycles. The van der Waals surface area contributed by atoms with E-state index in [1.807, 2.05) is 0 Å². The van der Waals surface area contributed by atoms with Crippen LogP contribution < -0.4 is 5.32 Å². The minimum Gasteiger partial charge on any atom is -0.315 e. The highest BCUT2D eigenvalue weighted by Crippen LogP contribution is 1.71. The van der Waals surface area contributed by atoms with Gasteiger partial charge < -0.3 is 10.2 Å². The molecular formula is C6H17ClN2S. The zero-order valence-corrected chi connectivity index (χ0v) is 8.34. The van der Waals surface area contributed by atoms with Crippen LogP contribution in [0.5, 0.6) is 0 Å². The summed E-state index contributed by atoms with van der Waals surface area (Å²) in [5.41, 5.74) is 0. The molecule has 0 aromatic heterocycles. The van der Waals surface area contributed by atoms with Crippen LogP contribution in [0.3, 0.4) is 0 Å². The van der Waals surface area contributed by atoms with Crippen molar-refractivity contribution in [2.24, 2.45) is 0 Å². The van der Waals surface area contributed by atoms with Crippen LogP contribution in [0.25, 0.3) is 0 Å². The average molecular weight is 185 g/mol. The van der Waals surface area contributed by atoms with Crippen molar-refractivity contribution < 1.29 is 0 Å². The van der Waals surface area contributed by atoms with Crippen molar-refractivity contribution in [3.63, 3.8) is 0 Å². The average Bonchev–Trinajstić information content (AvgIpc) is 1.80. The van der Waals surface area contributed by atoms with Gasteiger partial charge >= 0.3 is 0 Å². The molecule has 0 fully saturated rings. The summed E-state index contributed by atoms with van der Waals surface area (Å²) >= 11 is 4.07. The normalized spacial score (nSPS) is 9.60. The van der Waals surface area contributed by atoms with Gasteiger partial charge in [0.2, 0.25) is 0 Å². The van der Waals surface area contributed by atoms with E-state index in [0.717, 1.165) is 25.4 Å². The molecule has 0 radical (unpaired) electrons. The first-order valence-electron chi connectivity index (χ1n) is 3.23. The van der Waals surface area contributed by atoms with Crippen molar-refractivity contribution in [1.82, 2.24) is 10.2 Å². The van der Waals surface area contributed by atoms with Crippen LogP contribution in [-0.2, 0) is 0 Å². The summed E-state index contributed by atoms with van der Waals surface area (Å²) in [4.78, 5) is 2.16. The van der Waals surface area contributed by atoms with Crippen molar-refractivity contribution in [2.75, 3.05) is 39.5 Å². The Labute approximate surface area is 75.2 Å². The fourth-order valence-electron chi connectivity index (χ4n) is 0.507. The number of nitrogens with zero attached hydrogens (tertiary/aromatic N) is 1. The summed E-state index contributed by atoms with van der Waals surface area (Å²) < 4.78 is 0. The standard InChI is InChI=1S/C6H16N2S.ClH/c1-8(2)5-3-7-4-6-9;/h7,9H,3-6H2,1-2H3;1H. The molecule has 0 bridgehead atoms. The fourth-order valence-corrected chi connectivity index (χ4v) is 0.665. The van der Waals surface area contributed by atoms with Crippen molar-refractivity contribution >= 4 is 25.0 Å². The van der Waals surface area contributed by atoms with E-state index in [1.165, 1.54) is 0 Å². The maximum absolute atomic E-state index is 4.07. The molecule has 1 N–H and O–H groups in total. The van der Waals surface area contributed by atoms with Crippen LogP contribution >= 0.6 is 25.0 Å². The number of hydrogen-bond acceptors (Lipinski definition) is 3. The van der Waals surface area contributed by atoms with Crippen LogP contribution in [0.4, 0.5) is 0 Å². The monoisotopic (exact) mass is 184 g/mol. The van der Waals surface area contributed by atoms with E-state index in [-0.39, 0.29) is 12.4 Å². The van der Waals surface area contributed by atoms with Crippen molar-refractivity contribution in [3.8, 4) is 0 Å². The molecule has 10 heavy (non-hydrogen) atoms. The van der Waals surface area contributed by atoms with E-state index in [2.05, 4.69) is 36.9 Å². The maximum atomic E-state index is 4.07. The summed E-state index contributed by atoms with van der Waals surface area (Å²) in [5, 5.41) is 3.25. The first kappa shape index (κ1) is 13.2. The van der Waals surface area contributed by atoms with Crippen molar-refractivity contribution in [3.05, 3.63) is 0 Å². The molecule has 0 aliphatic rings. The van der Waals surface area contributed by atoms with Gasteiger partial charge in [0, 0.05) is 25.4 Å². The van der Waals surface area contributed by atoms with E-state index < -0.39 is 0 Å². The molecule has 0 aromatic rings. The number of rotatable bonds is 5. The minimum atomic E-state index is 0. The third-order valence-electron chi connectivity index (χ3n) is 1.02. The van der Waals surface area contributed by atoms with E-state index in [0.29, 0.717) is 0 Å². The van der Waals surface area contributed by atoms with Crippen molar-refractivity contribution in [2.45, 2.75) is 0 Å². The smallest absolute Gasteiger partial charge is 0.0101 e. The highest BCUT2D eigenvalue weighted by atomic mass is 35.5. The molecule has 0 amide bonds. The maximum Gasteiger partial charge on any atom is 0.0101 e. The second kappa shape index (κ2) is 9.56. The van der Waals surface area contributed by atoms with Gasteiger partial charge in [0.1, 0.15) is 0 Å². The molecule has 0 aromatic carbocycles. The van der Waals surface area contributed by atoms with E-state index in [1.54, 1.807) is 0 Å². The highest BCUT2D eigenvalue weighted by Gasteiger charge is 1.86. The van der Waals surface area contributed by atoms with Gasteiger partial charge in [0.15, 0.2) is 0 Å². The van der Waals surface area contributed by atoms with Crippen LogP contribution in [0.1, 0.15) is 0 Å². The van der Waals surface area contributed by atoms with E-state index in [9.17, 15) is 0 Å². The highest BCUT2D eigenvalue weighted by molar-refractivity contribution is 7.80. The number of likely N-dealkylation sites (N-methyl/N-ethyl adjacent to an activating group) is 1. The summed E-state index contributed by atoms with van der Waals surface area (Å²) in [6, 6.07) is 0. The molecule has 0 saturated heterocycles. The van der Waals surface area contributed by atoms with Crippen LogP contribution in [0.15, 0.2) is 0 Å². The quantitative estimate of drug-likeness (QED) is 0.478. The minimum absolute atomic E-state index is 0. The molecule has 4 heteroatoms. The Bertz CT molecular complexity index is 61.7. The SMILES string of the molecule is CN(C)CCNCCS.Cl. The zero-order valence-electron chi connectivity index (χ0n) is 6.63. The largest absolute Gasteiger partial charge is 0.315 e. The van der Waals surface area contributed by atoms with Gasteiger partial charge in [-0.15, -0.1) is 12.4 Å². The molecule has 0 saturated carbocycles. The lowest BCUT2D eigenvalue weighted by Gasteiger charge is -2.08. The molecule has 2 nitrogen and oxygen atoms in total. The lowest BCUT2D eigenvalue weighted by Crippen LogP contribution is -2.27. The molecule has 0 rings (SSSR count). The number of hydrogen-bond donors (Lipinski definition) is 2. The second-order valence-electron chi connectivity index (χ2n) is 2.28. The zero-order chi connectivity index (χ0) is 7.11. The van der Waals surface area contributed by atoms with Gasteiger partial charge in [-0.3, -0.25) is 0 Å². The molecule has 64 valence electrons. The predicted octanol–water partition coefficient (Wildman–Crippen LogP) is 0.489. The lowest BCUT2D eigenvalue weighted by molar-refractivity contribution is 0.403. The van der Waals surface area contributed by atoms with Crippen LogP contribution in [0.2, 0.25) is 0 Å². The Balaban J connectivity index is 0.